The molecule has 2 heterocycles. The maximum absolute atomic E-state index is 14.8. The number of rotatable bonds is 8. The summed E-state index contributed by atoms with van der Waals surface area (Å²) in [5.41, 5.74) is -0.723. The van der Waals surface area contributed by atoms with Crippen LogP contribution in [0.25, 0.3) is 0 Å². The molecule has 0 spiro atoms. The Morgan fingerprint density at radius 3 is 2.59 bits per heavy atom. The molecule has 32 heavy (non-hydrogen) atoms. The second kappa shape index (κ2) is 9.82. The number of carbonyl (C=O) groups is 1. The van der Waals surface area contributed by atoms with Gasteiger partial charge in [0.2, 0.25) is 12.1 Å². The molecule has 2 aromatic heterocycles. The summed E-state index contributed by atoms with van der Waals surface area (Å²) < 4.78 is 57.5. The van der Waals surface area contributed by atoms with Crippen molar-refractivity contribution < 1.29 is 32.3 Å². The molecule has 0 saturated carbocycles. The van der Waals surface area contributed by atoms with E-state index >= 15 is 0 Å². The number of benzene rings is 1. The molecule has 0 saturated heterocycles. The van der Waals surface area contributed by atoms with Gasteiger partial charge in [0.25, 0.3) is 0 Å². The van der Waals surface area contributed by atoms with E-state index in [1.54, 1.807) is 6.07 Å². The lowest BCUT2D eigenvalue weighted by Crippen LogP contribution is -2.43. The van der Waals surface area contributed by atoms with E-state index in [2.05, 4.69) is 15.6 Å². The van der Waals surface area contributed by atoms with Gasteiger partial charge in [0.15, 0.2) is 11.6 Å². The molecule has 1 aromatic carbocycles. The summed E-state index contributed by atoms with van der Waals surface area (Å²) in [5.74, 6) is -6.33. The van der Waals surface area contributed by atoms with Crippen LogP contribution in [0.2, 0.25) is 5.02 Å². The van der Waals surface area contributed by atoms with E-state index < -0.39 is 47.9 Å². The Labute approximate surface area is 185 Å². The van der Waals surface area contributed by atoms with Crippen LogP contribution in [0.4, 0.5) is 23.4 Å². The van der Waals surface area contributed by atoms with Crippen molar-refractivity contribution in [1.82, 2.24) is 10.3 Å². The molecule has 3 rings (SSSR count). The molecule has 1 amide bonds. The number of aromatic nitrogens is 2. The minimum atomic E-state index is -3.57. The van der Waals surface area contributed by atoms with Gasteiger partial charge in [0, 0.05) is 40.7 Å². The van der Waals surface area contributed by atoms with Crippen LogP contribution in [0.15, 0.2) is 54.9 Å². The van der Waals surface area contributed by atoms with Crippen molar-refractivity contribution in [2.75, 3.05) is 11.9 Å². The minimum absolute atomic E-state index is 0.120. The van der Waals surface area contributed by atoms with E-state index in [1.807, 2.05) is 0 Å². The van der Waals surface area contributed by atoms with Crippen molar-refractivity contribution in [1.29, 1.82) is 0 Å². The number of halogens is 5. The maximum atomic E-state index is 14.8. The molecule has 0 radical (unpaired) electrons. The van der Waals surface area contributed by atoms with Gasteiger partial charge in [0.05, 0.1) is 18.0 Å². The van der Waals surface area contributed by atoms with Gasteiger partial charge in [-0.2, -0.15) is 8.78 Å². The third-order valence-corrected chi connectivity index (χ3v) is 4.86. The van der Waals surface area contributed by atoms with Crippen LogP contribution in [0.5, 0.6) is 0 Å². The molecule has 0 aliphatic rings. The number of nitrogens with one attached hydrogen (secondary N) is 2. The van der Waals surface area contributed by atoms with Gasteiger partial charge in [0.1, 0.15) is 5.82 Å². The fourth-order valence-corrected chi connectivity index (χ4v) is 3.06. The lowest BCUT2D eigenvalue weighted by Gasteiger charge is -2.15. The summed E-state index contributed by atoms with van der Waals surface area (Å²) in [7, 11) is 0. The highest BCUT2D eigenvalue weighted by Gasteiger charge is 2.41. The van der Waals surface area contributed by atoms with E-state index in [0.29, 0.717) is 0 Å². The second-order valence-corrected chi connectivity index (χ2v) is 7.19. The minimum Gasteiger partial charge on any atom is -0.361 e. The number of nitrogens with zero attached hydrogens (tertiary/aromatic N) is 2. The summed E-state index contributed by atoms with van der Waals surface area (Å²) in [6.07, 6.45) is 1.55. The van der Waals surface area contributed by atoms with E-state index in [4.69, 9.17) is 11.6 Å². The van der Waals surface area contributed by atoms with Crippen LogP contribution in [0.1, 0.15) is 16.8 Å². The third kappa shape index (κ3) is 5.44. The standard InChI is InChI=1S/C21H17ClF4N4O2/c22-15-11-28-20(29-12-21(25,26)17-7-3-4-8-30(17)32)19(24)14(15)9-18(31)27-10-13-5-1-2-6-16(13)23/h1-8,11H,9-10,12H2,(H2-,27,28,29,31,32)/p+1. The summed E-state index contributed by atoms with van der Waals surface area (Å²) >= 11 is 5.94. The second-order valence-electron chi connectivity index (χ2n) is 6.78. The first-order valence-electron chi connectivity index (χ1n) is 9.34. The molecule has 0 fully saturated rings. The Balaban J connectivity index is 1.69. The zero-order chi connectivity index (χ0) is 23.3. The molecular weight excluding hydrogens is 452 g/mol. The Kier molecular flexibility index (Phi) is 7.14. The van der Waals surface area contributed by atoms with E-state index in [9.17, 15) is 27.6 Å². The number of alkyl halides is 2. The number of hydrogen-bond acceptors (Lipinski definition) is 4. The van der Waals surface area contributed by atoms with Gasteiger partial charge in [-0.3, -0.25) is 10.0 Å². The predicted octanol–water partition coefficient (Wildman–Crippen LogP) is 3.60. The number of hydrogen-bond donors (Lipinski definition) is 3. The van der Waals surface area contributed by atoms with Crippen molar-refractivity contribution in [3.63, 3.8) is 0 Å². The average molecular weight is 470 g/mol. The maximum Gasteiger partial charge on any atom is 0.351 e. The van der Waals surface area contributed by atoms with Crippen molar-refractivity contribution in [3.05, 3.63) is 88.3 Å². The van der Waals surface area contributed by atoms with Gasteiger partial charge in [-0.1, -0.05) is 29.8 Å². The highest BCUT2D eigenvalue weighted by atomic mass is 35.5. The smallest absolute Gasteiger partial charge is 0.351 e. The normalized spacial score (nSPS) is 11.3. The van der Waals surface area contributed by atoms with Crippen LogP contribution < -0.4 is 15.4 Å². The largest absolute Gasteiger partial charge is 0.361 e. The molecule has 0 atom stereocenters. The molecule has 0 bridgehead atoms. The summed E-state index contributed by atoms with van der Waals surface area (Å²) in [5, 5.41) is 14.0. The van der Waals surface area contributed by atoms with Crippen LogP contribution in [0.3, 0.4) is 0 Å². The SMILES string of the molecule is O=C(Cc1c(Cl)cnc(NCC(F)(F)c2cccc[n+]2O)c1F)NCc1ccccc1F. The lowest BCUT2D eigenvalue weighted by molar-refractivity contribution is -0.913. The quantitative estimate of drug-likeness (QED) is 0.268. The summed E-state index contributed by atoms with van der Waals surface area (Å²) in [6.45, 7) is -1.20. The molecule has 0 aliphatic carbocycles. The number of anilines is 1. The van der Waals surface area contributed by atoms with E-state index in [0.717, 1.165) is 18.5 Å². The zero-order valence-electron chi connectivity index (χ0n) is 16.5. The number of amides is 1. The number of pyridine rings is 2. The van der Waals surface area contributed by atoms with Gasteiger partial charge in [-0.05, 0) is 12.1 Å². The lowest BCUT2D eigenvalue weighted by atomic mass is 10.1. The Hall–Kier alpha value is -3.40. The third-order valence-electron chi connectivity index (χ3n) is 4.53. The first kappa shape index (κ1) is 23.3. The Morgan fingerprint density at radius 1 is 1.16 bits per heavy atom. The molecule has 168 valence electrons. The van der Waals surface area contributed by atoms with Crippen molar-refractivity contribution in [2.24, 2.45) is 0 Å². The topological polar surface area (TPSA) is 78.1 Å². The Morgan fingerprint density at radius 2 is 1.88 bits per heavy atom. The summed E-state index contributed by atoms with van der Waals surface area (Å²) in [6, 6.07) is 9.52. The van der Waals surface area contributed by atoms with Crippen LogP contribution in [0, 0.1) is 11.6 Å². The van der Waals surface area contributed by atoms with Gasteiger partial charge >= 0.3 is 11.6 Å². The summed E-state index contributed by atoms with van der Waals surface area (Å²) in [4.78, 5) is 15.9. The molecule has 11 heteroatoms. The first-order chi connectivity index (χ1) is 15.2. The molecule has 0 unspecified atom stereocenters. The van der Waals surface area contributed by atoms with Gasteiger partial charge in [-0.15, -0.1) is 0 Å². The van der Waals surface area contributed by atoms with Crippen molar-refractivity contribution in [2.45, 2.75) is 18.9 Å². The molecule has 3 aromatic rings. The molecule has 3 N–H and O–H groups in total. The van der Waals surface area contributed by atoms with Crippen LogP contribution >= 0.6 is 11.6 Å². The molecule has 6 nitrogen and oxygen atoms in total. The van der Waals surface area contributed by atoms with Gasteiger partial charge in [-0.25, -0.2) is 13.8 Å². The fourth-order valence-electron chi connectivity index (χ4n) is 2.86. The fraction of sp³-hybridized carbons (Fsp3) is 0.190. The van der Waals surface area contributed by atoms with Crippen molar-refractivity contribution in [3.8, 4) is 0 Å². The molecular formula is C21H18ClF4N4O2+. The van der Waals surface area contributed by atoms with Gasteiger partial charge < -0.3 is 10.6 Å². The highest BCUT2D eigenvalue weighted by Crippen LogP contribution is 2.28. The first-order valence-corrected chi connectivity index (χ1v) is 9.72. The zero-order valence-corrected chi connectivity index (χ0v) is 17.2. The average Bonchev–Trinajstić information content (AvgIpc) is 2.75. The van der Waals surface area contributed by atoms with Crippen LogP contribution in [-0.2, 0) is 23.7 Å². The van der Waals surface area contributed by atoms with E-state index in [1.165, 1.54) is 30.3 Å². The monoisotopic (exact) mass is 469 g/mol. The van der Waals surface area contributed by atoms with E-state index in [-0.39, 0.29) is 27.4 Å². The number of carbonyl (C=O) groups excluding carboxylic acids is 1. The Bertz CT molecular complexity index is 1130. The molecule has 0 aliphatic heterocycles. The highest BCUT2D eigenvalue weighted by molar-refractivity contribution is 6.31. The van der Waals surface area contributed by atoms with Crippen LogP contribution in [-0.4, -0.2) is 22.6 Å². The predicted molar refractivity (Wildman–Crippen MR) is 107 cm³/mol. The van der Waals surface area contributed by atoms with Crippen molar-refractivity contribution >= 4 is 23.3 Å².